The molecular weight excluding hydrogens is 361 g/mol. The van der Waals surface area contributed by atoms with Crippen LogP contribution in [0.5, 0.6) is 0 Å². The van der Waals surface area contributed by atoms with E-state index < -0.39 is 23.9 Å². The molecule has 0 aromatic carbocycles. The van der Waals surface area contributed by atoms with Crippen molar-refractivity contribution in [2.45, 2.75) is 83.7 Å². The van der Waals surface area contributed by atoms with Crippen LogP contribution < -0.4 is 0 Å². The molecule has 0 unspecified atom stereocenters. The van der Waals surface area contributed by atoms with Gasteiger partial charge in [-0.25, -0.2) is 9.59 Å². The molecule has 7 heteroatoms. The van der Waals surface area contributed by atoms with Crippen molar-refractivity contribution in [2.75, 3.05) is 0 Å². The molecule has 1 heterocycles. The summed E-state index contributed by atoms with van der Waals surface area (Å²) >= 11 is 0. The normalized spacial score (nSPS) is 15.1. The lowest BCUT2D eigenvalue weighted by atomic mass is 9.97. The molecule has 0 saturated heterocycles. The molecule has 1 aliphatic rings. The van der Waals surface area contributed by atoms with Crippen LogP contribution in [0.2, 0.25) is 0 Å². The predicted octanol–water partition coefficient (Wildman–Crippen LogP) is 5.37. The first-order valence-corrected chi connectivity index (χ1v) is 9.55. The minimum absolute atomic E-state index is 0.0901. The number of hydrogen-bond donors (Lipinski definition) is 0. The zero-order chi connectivity index (χ0) is 20.3. The van der Waals surface area contributed by atoms with Crippen molar-refractivity contribution in [1.82, 2.24) is 0 Å². The molecule has 0 aromatic heterocycles. The van der Waals surface area contributed by atoms with Crippen molar-refractivity contribution in [3.63, 3.8) is 0 Å². The van der Waals surface area contributed by atoms with Crippen molar-refractivity contribution >= 4 is 17.7 Å². The fraction of sp³-hybridized carbons (Fsp3) is 0.650. The largest absolute Gasteiger partial charge is 0.454 e. The van der Waals surface area contributed by atoms with Crippen molar-refractivity contribution in [1.29, 1.82) is 0 Å². The van der Waals surface area contributed by atoms with E-state index >= 15 is 0 Å². The first-order valence-electron chi connectivity index (χ1n) is 9.55. The number of halogens is 3. The molecule has 0 bridgehead atoms. The van der Waals surface area contributed by atoms with Gasteiger partial charge in [-0.15, -0.1) is 0 Å². The summed E-state index contributed by atoms with van der Waals surface area (Å²) in [5.41, 5.74) is -0.346. The first kappa shape index (κ1) is 23.1. The number of allylic oxidation sites excluding steroid dienone is 1. The lowest BCUT2D eigenvalue weighted by Crippen LogP contribution is -2.21. The maximum absolute atomic E-state index is 12.5. The summed E-state index contributed by atoms with van der Waals surface area (Å²) in [5.74, 6) is -3.98. The fourth-order valence-corrected chi connectivity index (χ4v) is 2.90. The van der Waals surface area contributed by atoms with Gasteiger partial charge < -0.3 is 4.74 Å². The molecule has 0 aliphatic carbocycles. The van der Waals surface area contributed by atoms with Crippen LogP contribution >= 0.6 is 0 Å². The van der Waals surface area contributed by atoms with E-state index in [1.165, 1.54) is 32.1 Å². The number of carbonyl (C=O) groups is 3. The molecule has 0 radical (unpaired) electrons. The van der Waals surface area contributed by atoms with Crippen molar-refractivity contribution in [2.24, 2.45) is 0 Å². The van der Waals surface area contributed by atoms with Gasteiger partial charge in [-0.05, 0) is 24.5 Å². The van der Waals surface area contributed by atoms with Crippen molar-refractivity contribution < 1.29 is 32.3 Å². The maximum atomic E-state index is 12.5. The van der Waals surface area contributed by atoms with Crippen molar-refractivity contribution in [3.05, 3.63) is 23.3 Å². The van der Waals surface area contributed by atoms with Gasteiger partial charge in [0.05, 0.1) is 5.57 Å². The number of cyclic esters (lactones) is 2. The fourth-order valence-electron chi connectivity index (χ4n) is 2.90. The van der Waals surface area contributed by atoms with Gasteiger partial charge in [-0.3, -0.25) is 4.79 Å². The summed E-state index contributed by atoms with van der Waals surface area (Å²) in [6, 6.07) is 0. The van der Waals surface area contributed by atoms with E-state index in [0.29, 0.717) is 12.5 Å². The second-order valence-electron chi connectivity index (χ2n) is 6.73. The van der Waals surface area contributed by atoms with Gasteiger partial charge in [0, 0.05) is 6.08 Å². The standard InChI is InChI=1S/C20H27F3O4/c1-2-3-4-5-6-7-8-9-10-11-12-15(13-17(24)20(21,22)23)16-14-18(25)27-19(16)26/h13-14H,2-12H2,1H3/b15-13+. The number of hydrogen-bond acceptors (Lipinski definition) is 4. The van der Waals surface area contributed by atoms with E-state index in [2.05, 4.69) is 11.7 Å². The Morgan fingerprint density at radius 2 is 1.48 bits per heavy atom. The highest BCUT2D eigenvalue weighted by Gasteiger charge is 2.37. The van der Waals surface area contributed by atoms with E-state index in [9.17, 15) is 27.6 Å². The average molecular weight is 388 g/mol. The first-order chi connectivity index (χ1) is 12.8. The van der Waals surface area contributed by atoms with Gasteiger partial charge in [0.15, 0.2) is 0 Å². The van der Waals surface area contributed by atoms with Crippen LogP contribution in [0.4, 0.5) is 13.2 Å². The lowest BCUT2D eigenvalue weighted by Gasteiger charge is -2.08. The van der Waals surface area contributed by atoms with E-state index in [1.807, 2.05) is 0 Å². The SMILES string of the molecule is CCCCCCCCCCCC/C(=C\C(=O)C(F)(F)F)C1=CC(=O)OC1=O. The molecule has 0 saturated carbocycles. The van der Waals surface area contributed by atoms with Gasteiger partial charge in [0.1, 0.15) is 0 Å². The van der Waals surface area contributed by atoms with Gasteiger partial charge in [-0.1, -0.05) is 64.7 Å². The van der Waals surface area contributed by atoms with Gasteiger partial charge in [-0.2, -0.15) is 13.2 Å². The minimum Gasteiger partial charge on any atom is -0.386 e. The number of esters is 2. The highest BCUT2D eigenvalue weighted by Crippen LogP contribution is 2.26. The highest BCUT2D eigenvalue weighted by atomic mass is 19.4. The molecule has 0 atom stereocenters. The number of unbranched alkanes of at least 4 members (excludes halogenated alkanes) is 9. The molecule has 1 aliphatic heterocycles. The summed E-state index contributed by atoms with van der Waals surface area (Å²) in [6.45, 7) is 2.17. The molecule has 0 fully saturated rings. The molecule has 0 spiro atoms. The zero-order valence-electron chi connectivity index (χ0n) is 15.7. The van der Waals surface area contributed by atoms with Crippen molar-refractivity contribution in [3.8, 4) is 0 Å². The van der Waals surface area contributed by atoms with Gasteiger partial charge in [0.25, 0.3) is 5.78 Å². The molecule has 152 valence electrons. The van der Waals surface area contributed by atoms with Crippen LogP contribution in [0.15, 0.2) is 23.3 Å². The number of alkyl halides is 3. The third kappa shape index (κ3) is 9.02. The van der Waals surface area contributed by atoms with Crippen LogP contribution in [-0.4, -0.2) is 23.9 Å². The minimum atomic E-state index is -5.02. The Morgan fingerprint density at radius 1 is 0.963 bits per heavy atom. The lowest BCUT2D eigenvalue weighted by molar-refractivity contribution is -0.165. The van der Waals surface area contributed by atoms with Gasteiger partial charge in [0.2, 0.25) is 0 Å². The second kappa shape index (κ2) is 11.7. The second-order valence-corrected chi connectivity index (χ2v) is 6.73. The number of rotatable bonds is 13. The Kier molecular flexibility index (Phi) is 10.0. The summed E-state index contributed by atoms with van der Waals surface area (Å²) in [4.78, 5) is 34.0. The molecule has 1 rings (SSSR count). The molecule has 0 amide bonds. The van der Waals surface area contributed by atoms with E-state index in [1.54, 1.807) is 0 Å². The summed E-state index contributed by atoms with van der Waals surface area (Å²) in [7, 11) is 0. The monoisotopic (exact) mass is 388 g/mol. The quantitative estimate of drug-likeness (QED) is 0.184. The Hall–Kier alpha value is -1.92. The van der Waals surface area contributed by atoms with Crippen LogP contribution in [0, 0.1) is 0 Å². The molecule has 4 nitrogen and oxygen atoms in total. The Morgan fingerprint density at radius 3 is 1.93 bits per heavy atom. The highest BCUT2D eigenvalue weighted by molar-refractivity contribution is 6.12. The zero-order valence-corrected chi connectivity index (χ0v) is 15.7. The molecule has 27 heavy (non-hydrogen) atoms. The smallest absolute Gasteiger partial charge is 0.386 e. The molecule has 0 N–H and O–H groups in total. The summed E-state index contributed by atoms with van der Waals surface area (Å²) in [5, 5.41) is 0. The average Bonchev–Trinajstić information content (AvgIpc) is 2.92. The van der Waals surface area contributed by atoms with E-state index in [4.69, 9.17) is 0 Å². The molecule has 0 aromatic rings. The Labute approximate surface area is 157 Å². The van der Waals surface area contributed by atoms with Crippen LogP contribution in [0.25, 0.3) is 0 Å². The van der Waals surface area contributed by atoms with Crippen LogP contribution in [-0.2, 0) is 19.1 Å². The number of carbonyl (C=O) groups excluding carboxylic acids is 3. The third-order valence-corrected chi connectivity index (χ3v) is 4.41. The Bertz CT molecular complexity index is 589. The van der Waals surface area contributed by atoms with Gasteiger partial charge >= 0.3 is 18.1 Å². The Balaban J connectivity index is 2.46. The van der Waals surface area contributed by atoms with Crippen LogP contribution in [0.1, 0.15) is 77.6 Å². The maximum Gasteiger partial charge on any atom is 0.454 e. The topological polar surface area (TPSA) is 60.4 Å². The predicted molar refractivity (Wildman–Crippen MR) is 94.8 cm³/mol. The third-order valence-electron chi connectivity index (χ3n) is 4.41. The number of ether oxygens (including phenoxy) is 1. The van der Waals surface area contributed by atoms with E-state index in [-0.39, 0.29) is 17.6 Å². The van der Waals surface area contributed by atoms with Crippen LogP contribution in [0.3, 0.4) is 0 Å². The summed E-state index contributed by atoms with van der Waals surface area (Å²) in [6.07, 6.45) is 6.91. The number of ketones is 1. The van der Waals surface area contributed by atoms with E-state index in [0.717, 1.165) is 31.8 Å². The summed E-state index contributed by atoms with van der Waals surface area (Å²) < 4.78 is 41.9. The molecular formula is C20H27F3O4.